The molecule has 3 aromatic rings. The second kappa shape index (κ2) is 6.37. The van der Waals surface area contributed by atoms with Crippen molar-refractivity contribution in [3.8, 4) is 17.0 Å². The van der Waals surface area contributed by atoms with Crippen LogP contribution in [0.5, 0.6) is 5.75 Å². The number of rotatable bonds is 3. The van der Waals surface area contributed by atoms with Gasteiger partial charge in [-0.2, -0.15) is 0 Å². The highest BCUT2D eigenvalue weighted by Crippen LogP contribution is 2.35. The molecular weight excluding hydrogens is 314 g/mol. The number of para-hydroxylation sites is 1. The highest BCUT2D eigenvalue weighted by molar-refractivity contribution is 5.99. The second-order valence-electron chi connectivity index (χ2n) is 6.82. The lowest BCUT2D eigenvalue weighted by Crippen LogP contribution is -2.45. The molecule has 0 unspecified atom stereocenters. The van der Waals surface area contributed by atoms with Gasteiger partial charge in [0.25, 0.3) is 0 Å². The van der Waals surface area contributed by atoms with Crippen LogP contribution < -0.4 is 4.90 Å². The van der Waals surface area contributed by atoms with Gasteiger partial charge < -0.3 is 19.9 Å². The molecule has 2 N–H and O–H groups in total. The smallest absolute Gasteiger partial charge is 0.160 e. The minimum Gasteiger partial charge on any atom is -0.507 e. The van der Waals surface area contributed by atoms with Crippen LogP contribution in [0.2, 0.25) is 0 Å². The van der Waals surface area contributed by atoms with Gasteiger partial charge in [-0.05, 0) is 44.6 Å². The number of likely N-dealkylation sites (tertiary alicyclic amines) is 1. The summed E-state index contributed by atoms with van der Waals surface area (Å²) in [5, 5.41) is 20.2. The summed E-state index contributed by atoms with van der Waals surface area (Å²) in [7, 11) is 4.26. The number of hydrogen-bond acceptors (Lipinski definition) is 5. The lowest BCUT2D eigenvalue weighted by molar-refractivity contribution is 0.247. The summed E-state index contributed by atoms with van der Waals surface area (Å²) >= 11 is 0. The van der Waals surface area contributed by atoms with Crippen LogP contribution in [0.4, 0.5) is 5.82 Å². The summed E-state index contributed by atoms with van der Waals surface area (Å²) < 4.78 is 0. The number of aromatic nitrogens is 3. The molecule has 1 atom stereocenters. The van der Waals surface area contributed by atoms with Crippen molar-refractivity contribution in [2.45, 2.75) is 18.9 Å². The van der Waals surface area contributed by atoms with Gasteiger partial charge in [-0.1, -0.05) is 12.1 Å². The number of benzene rings is 1. The highest BCUT2D eigenvalue weighted by Gasteiger charge is 2.25. The zero-order valence-corrected chi connectivity index (χ0v) is 14.6. The number of nitrogens with zero attached hydrogens (tertiary/aromatic N) is 4. The molecule has 0 amide bonds. The van der Waals surface area contributed by atoms with Gasteiger partial charge in [-0.25, -0.2) is 0 Å². The molecule has 0 spiro atoms. The minimum absolute atomic E-state index is 0.211. The average molecular weight is 337 g/mol. The molecule has 3 heterocycles. The van der Waals surface area contributed by atoms with E-state index >= 15 is 0 Å². The largest absolute Gasteiger partial charge is 0.507 e. The SMILES string of the molecule is CN1CCC[C@@H](N(C)c2nnc(-c3ccccc3O)c3[nH]ccc23)C1. The number of fused-ring (bicyclic) bond motifs is 1. The van der Waals surface area contributed by atoms with E-state index in [1.54, 1.807) is 12.1 Å². The Hall–Kier alpha value is -2.60. The molecule has 6 heteroatoms. The van der Waals surface area contributed by atoms with Crippen LogP contribution in [-0.2, 0) is 0 Å². The molecule has 1 fully saturated rings. The summed E-state index contributed by atoms with van der Waals surface area (Å²) in [6, 6.07) is 9.69. The summed E-state index contributed by atoms with van der Waals surface area (Å²) in [5.41, 5.74) is 2.27. The summed E-state index contributed by atoms with van der Waals surface area (Å²) in [6.45, 7) is 2.19. The van der Waals surface area contributed by atoms with Crippen molar-refractivity contribution in [2.75, 3.05) is 32.1 Å². The van der Waals surface area contributed by atoms with E-state index in [9.17, 15) is 5.11 Å². The zero-order chi connectivity index (χ0) is 17.4. The van der Waals surface area contributed by atoms with Gasteiger partial charge in [0, 0.05) is 36.8 Å². The Morgan fingerprint density at radius 3 is 2.88 bits per heavy atom. The first kappa shape index (κ1) is 15.9. The molecule has 0 bridgehead atoms. The molecule has 25 heavy (non-hydrogen) atoms. The van der Waals surface area contributed by atoms with Gasteiger partial charge in [0.1, 0.15) is 11.4 Å². The van der Waals surface area contributed by atoms with Crippen LogP contribution in [0.15, 0.2) is 36.5 Å². The second-order valence-corrected chi connectivity index (χ2v) is 6.82. The first-order valence-corrected chi connectivity index (χ1v) is 8.68. The van der Waals surface area contributed by atoms with Crippen molar-refractivity contribution in [1.82, 2.24) is 20.1 Å². The van der Waals surface area contributed by atoms with Crippen LogP contribution in [0, 0.1) is 0 Å². The molecule has 0 radical (unpaired) electrons. The number of hydrogen-bond donors (Lipinski definition) is 2. The maximum absolute atomic E-state index is 10.2. The number of piperidine rings is 1. The molecule has 6 nitrogen and oxygen atoms in total. The molecule has 1 aliphatic heterocycles. The Balaban J connectivity index is 1.76. The molecule has 130 valence electrons. The Labute approximate surface area is 147 Å². The van der Waals surface area contributed by atoms with Crippen molar-refractivity contribution in [1.29, 1.82) is 0 Å². The standard InChI is InChI=1S/C19H23N5O/c1-23-11-5-6-13(12-23)24(2)19-15-9-10-20-17(15)18(21-22-19)14-7-3-4-8-16(14)25/h3-4,7-10,13,20,25H,5-6,11-12H2,1-2H3/t13-/m1/s1. The Bertz CT molecular complexity index is 890. The van der Waals surface area contributed by atoms with E-state index in [0.717, 1.165) is 36.2 Å². The van der Waals surface area contributed by atoms with Crippen molar-refractivity contribution in [2.24, 2.45) is 0 Å². The van der Waals surface area contributed by atoms with E-state index in [1.807, 2.05) is 24.4 Å². The predicted molar refractivity (Wildman–Crippen MR) is 99.9 cm³/mol. The van der Waals surface area contributed by atoms with E-state index < -0.39 is 0 Å². The van der Waals surface area contributed by atoms with Gasteiger partial charge >= 0.3 is 0 Å². The fourth-order valence-electron chi connectivity index (χ4n) is 3.70. The van der Waals surface area contributed by atoms with Crippen LogP contribution in [0.1, 0.15) is 12.8 Å². The summed E-state index contributed by atoms with van der Waals surface area (Å²) in [6.07, 6.45) is 4.27. The van der Waals surface area contributed by atoms with Crippen LogP contribution >= 0.6 is 0 Å². The van der Waals surface area contributed by atoms with Crippen molar-refractivity contribution in [3.05, 3.63) is 36.5 Å². The molecule has 4 rings (SSSR count). The van der Waals surface area contributed by atoms with Gasteiger partial charge in [0.2, 0.25) is 0 Å². The lowest BCUT2D eigenvalue weighted by Gasteiger charge is -2.36. The first-order chi connectivity index (χ1) is 12.1. The third-order valence-electron chi connectivity index (χ3n) is 5.11. The molecule has 2 aromatic heterocycles. The molecule has 1 aliphatic rings. The Morgan fingerprint density at radius 1 is 1.24 bits per heavy atom. The molecule has 0 aliphatic carbocycles. The number of H-pyrrole nitrogens is 1. The minimum atomic E-state index is 0.211. The van der Waals surface area contributed by atoms with Crippen LogP contribution in [0.25, 0.3) is 22.2 Å². The number of nitrogens with one attached hydrogen (secondary N) is 1. The third-order valence-corrected chi connectivity index (χ3v) is 5.11. The van der Waals surface area contributed by atoms with E-state index in [1.165, 1.54) is 6.42 Å². The summed E-state index contributed by atoms with van der Waals surface area (Å²) in [5.74, 6) is 1.10. The quantitative estimate of drug-likeness (QED) is 0.769. The number of phenols is 1. The number of phenolic OH excluding ortho intramolecular Hbond substituents is 1. The number of aromatic amines is 1. The fraction of sp³-hybridized carbons (Fsp3) is 0.368. The number of likely N-dealkylation sites (N-methyl/N-ethyl adjacent to an activating group) is 2. The highest BCUT2D eigenvalue weighted by atomic mass is 16.3. The topological polar surface area (TPSA) is 68.3 Å². The summed E-state index contributed by atoms with van der Waals surface area (Å²) in [4.78, 5) is 7.88. The average Bonchev–Trinajstić information content (AvgIpc) is 3.11. The van der Waals surface area contributed by atoms with Crippen LogP contribution in [-0.4, -0.2) is 58.4 Å². The van der Waals surface area contributed by atoms with Crippen molar-refractivity contribution < 1.29 is 5.11 Å². The van der Waals surface area contributed by atoms with Crippen molar-refractivity contribution in [3.63, 3.8) is 0 Å². The van der Waals surface area contributed by atoms with E-state index in [2.05, 4.69) is 39.1 Å². The molecule has 1 aromatic carbocycles. The van der Waals surface area contributed by atoms with Gasteiger partial charge in [-0.3, -0.25) is 0 Å². The molecule has 1 saturated heterocycles. The van der Waals surface area contributed by atoms with Gasteiger partial charge in [0.05, 0.1) is 5.52 Å². The fourth-order valence-corrected chi connectivity index (χ4v) is 3.70. The maximum atomic E-state index is 10.2. The molecular formula is C19H23N5O. The maximum Gasteiger partial charge on any atom is 0.160 e. The lowest BCUT2D eigenvalue weighted by atomic mass is 10.0. The van der Waals surface area contributed by atoms with E-state index in [4.69, 9.17) is 0 Å². The number of aromatic hydroxyl groups is 1. The van der Waals surface area contributed by atoms with Gasteiger partial charge in [0.15, 0.2) is 5.82 Å². The van der Waals surface area contributed by atoms with Crippen LogP contribution in [0.3, 0.4) is 0 Å². The Kier molecular flexibility index (Phi) is 4.05. The number of anilines is 1. The Morgan fingerprint density at radius 2 is 2.08 bits per heavy atom. The van der Waals surface area contributed by atoms with E-state index in [-0.39, 0.29) is 5.75 Å². The normalized spacial score (nSPS) is 18.6. The third kappa shape index (κ3) is 2.82. The van der Waals surface area contributed by atoms with Gasteiger partial charge in [-0.15, -0.1) is 10.2 Å². The predicted octanol–water partition coefficient (Wildman–Crippen LogP) is 2.86. The van der Waals surface area contributed by atoms with E-state index in [0.29, 0.717) is 17.3 Å². The monoisotopic (exact) mass is 337 g/mol. The first-order valence-electron chi connectivity index (χ1n) is 8.68. The molecule has 0 saturated carbocycles. The van der Waals surface area contributed by atoms with Crippen molar-refractivity contribution >= 4 is 16.7 Å². The zero-order valence-electron chi connectivity index (χ0n) is 14.6.